The maximum absolute atomic E-state index is 14.0. The van der Waals surface area contributed by atoms with Crippen LogP contribution in [-0.4, -0.2) is 29.4 Å². The zero-order valence-corrected chi connectivity index (χ0v) is 20.3. The van der Waals surface area contributed by atoms with E-state index in [-0.39, 0.29) is 23.1 Å². The summed E-state index contributed by atoms with van der Waals surface area (Å²) in [6, 6.07) is 5.82. The molecular formula is C25H22ClF2N5O3. The quantitative estimate of drug-likeness (QED) is 0.433. The lowest BCUT2D eigenvalue weighted by Gasteiger charge is -2.17. The van der Waals surface area contributed by atoms with E-state index in [9.17, 15) is 18.7 Å². The number of aryl methyl sites for hydroxylation is 2. The Kier molecular flexibility index (Phi) is 6.09. The van der Waals surface area contributed by atoms with Gasteiger partial charge in [0, 0.05) is 36.3 Å². The second kappa shape index (κ2) is 9.11. The molecule has 0 saturated carbocycles. The van der Waals surface area contributed by atoms with Gasteiger partial charge in [-0.1, -0.05) is 11.6 Å². The minimum absolute atomic E-state index is 0.0954. The highest BCUT2D eigenvalue weighted by Crippen LogP contribution is 2.30. The number of rotatable bonds is 5. The first-order valence-corrected chi connectivity index (χ1v) is 11.6. The third kappa shape index (κ3) is 4.49. The number of fused-ring (bicyclic) bond motifs is 3. The van der Waals surface area contributed by atoms with Crippen LogP contribution in [0.25, 0.3) is 11.5 Å². The van der Waals surface area contributed by atoms with E-state index in [0.29, 0.717) is 41.8 Å². The zero-order chi connectivity index (χ0) is 25.6. The van der Waals surface area contributed by atoms with Crippen molar-refractivity contribution in [1.29, 1.82) is 0 Å². The van der Waals surface area contributed by atoms with Gasteiger partial charge in [-0.25, -0.2) is 18.4 Å². The van der Waals surface area contributed by atoms with Crippen LogP contribution in [0.15, 0.2) is 47.7 Å². The van der Waals surface area contributed by atoms with E-state index >= 15 is 0 Å². The van der Waals surface area contributed by atoms with Crippen molar-refractivity contribution in [3.8, 4) is 17.3 Å². The molecule has 5 rings (SSSR count). The first-order chi connectivity index (χ1) is 17.1. The third-order valence-electron chi connectivity index (χ3n) is 5.96. The van der Waals surface area contributed by atoms with Gasteiger partial charge in [0.05, 0.1) is 17.6 Å². The van der Waals surface area contributed by atoms with Gasteiger partial charge in [0.25, 0.3) is 5.56 Å². The van der Waals surface area contributed by atoms with Gasteiger partial charge in [0.1, 0.15) is 34.5 Å². The number of aromatic nitrogens is 5. The highest BCUT2D eigenvalue weighted by molar-refractivity contribution is 6.31. The summed E-state index contributed by atoms with van der Waals surface area (Å²) in [4.78, 5) is 21.6. The Balaban J connectivity index is 1.53. The van der Waals surface area contributed by atoms with Gasteiger partial charge in [0.15, 0.2) is 11.6 Å². The van der Waals surface area contributed by atoms with Crippen molar-refractivity contribution >= 4 is 11.6 Å². The summed E-state index contributed by atoms with van der Waals surface area (Å²) in [5.74, 6) is -1.08. The van der Waals surface area contributed by atoms with Gasteiger partial charge in [0.2, 0.25) is 0 Å². The molecule has 0 amide bonds. The summed E-state index contributed by atoms with van der Waals surface area (Å²) in [7, 11) is 0. The van der Waals surface area contributed by atoms with E-state index < -0.39 is 22.8 Å². The van der Waals surface area contributed by atoms with Gasteiger partial charge in [-0.15, -0.1) is 0 Å². The number of pyridine rings is 3. The Morgan fingerprint density at radius 2 is 1.97 bits per heavy atom. The molecule has 0 atom stereocenters. The molecule has 1 N–H and O–H groups in total. The zero-order valence-electron chi connectivity index (χ0n) is 19.5. The highest BCUT2D eigenvalue weighted by Gasteiger charge is 2.23. The molecule has 1 aliphatic heterocycles. The molecule has 0 unspecified atom stereocenters. The van der Waals surface area contributed by atoms with Crippen molar-refractivity contribution < 1.29 is 18.6 Å². The Bertz CT molecular complexity index is 1530. The van der Waals surface area contributed by atoms with Crippen molar-refractivity contribution in [2.45, 2.75) is 45.3 Å². The predicted molar refractivity (Wildman–Crippen MR) is 128 cm³/mol. The largest absolute Gasteiger partial charge is 0.485 e. The molecule has 4 aromatic heterocycles. The molecule has 0 saturated heterocycles. The van der Waals surface area contributed by atoms with Crippen molar-refractivity contribution in [2.75, 3.05) is 0 Å². The van der Waals surface area contributed by atoms with E-state index in [2.05, 4.69) is 15.1 Å². The summed E-state index contributed by atoms with van der Waals surface area (Å²) in [6.07, 6.45) is 6.31. The molecule has 5 heterocycles. The van der Waals surface area contributed by atoms with Crippen LogP contribution in [0, 0.1) is 11.6 Å². The van der Waals surface area contributed by atoms with Gasteiger partial charge < -0.3 is 9.84 Å². The van der Waals surface area contributed by atoms with Crippen LogP contribution in [0.1, 0.15) is 42.9 Å². The molecule has 4 aromatic rings. The van der Waals surface area contributed by atoms with Crippen molar-refractivity contribution in [3.05, 3.63) is 92.5 Å². The molecule has 0 spiro atoms. The van der Waals surface area contributed by atoms with Crippen LogP contribution in [0.3, 0.4) is 0 Å². The number of halogens is 3. The van der Waals surface area contributed by atoms with Crippen LogP contribution in [-0.2, 0) is 25.0 Å². The van der Waals surface area contributed by atoms with E-state index in [4.69, 9.17) is 16.3 Å². The Hall–Kier alpha value is -3.63. The van der Waals surface area contributed by atoms with Crippen LogP contribution in [0.2, 0.25) is 5.02 Å². The molecule has 0 fully saturated rings. The van der Waals surface area contributed by atoms with E-state index in [1.54, 1.807) is 44.4 Å². The summed E-state index contributed by atoms with van der Waals surface area (Å²) < 4.78 is 35.8. The van der Waals surface area contributed by atoms with Gasteiger partial charge in [-0.3, -0.25) is 14.3 Å². The maximum Gasteiger partial charge on any atom is 0.277 e. The Morgan fingerprint density at radius 3 is 2.69 bits per heavy atom. The SMILES string of the molecule is CC(C)(O)c1ccn(-c2cc3c(cn2)CCCc2cc(OCc4ncc(F)cc4F)c(Cl)c(=O)n2-3)n1. The molecule has 36 heavy (non-hydrogen) atoms. The average Bonchev–Trinajstić information content (AvgIpc) is 3.26. The van der Waals surface area contributed by atoms with E-state index in [1.807, 2.05) is 0 Å². The lowest BCUT2D eigenvalue weighted by molar-refractivity contribution is 0.0734. The van der Waals surface area contributed by atoms with Gasteiger partial charge in [-0.05, 0) is 44.7 Å². The van der Waals surface area contributed by atoms with Crippen LogP contribution < -0.4 is 10.3 Å². The maximum atomic E-state index is 14.0. The second-order valence-corrected chi connectivity index (χ2v) is 9.43. The lowest BCUT2D eigenvalue weighted by Crippen LogP contribution is -2.23. The third-order valence-corrected chi connectivity index (χ3v) is 6.31. The number of aliphatic hydroxyl groups is 1. The van der Waals surface area contributed by atoms with Crippen LogP contribution >= 0.6 is 11.6 Å². The second-order valence-electron chi connectivity index (χ2n) is 9.05. The fraction of sp³-hybridized carbons (Fsp3) is 0.280. The van der Waals surface area contributed by atoms with Gasteiger partial charge >= 0.3 is 0 Å². The number of hydrogen-bond donors (Lipinski definition) is 1. The summed E-state index contributed by atoms with van der Waals surface area (Å²) in [5, 5.41) is 14.5. The first-order valence-electron chi connectivity index (χ1n) is 11.3. The summed E-state index contributed by atoms with van der Waals surface area (Å²) in [5.41, 5.74) is 0.933. The molecule has 1 aliphatic rings. The Labute approximate surface area is 209 Å². The van der Waals surface area contributed by atoms with Gasteiger partial charge in [-0.2, -0.15) is 5.10 Å². The minimum atomic E-state index is -1.11. The predicted octanol–water partition coefficient (Wildman–Crippen LogP) is 4.04. The number of hydrogen-bond acceptors (Lipinski definition) is 6. The number of nitrogens with zero attached hydrogens (tertiary/aromatic N) is 5. The lowest BCUT2D eigenvalue weighted by atomic mass is 10.1. The molecule has 8 nitrogen and oxygen atoms in total. The highest BCUT2D eigenvalue weighted by atomic mass is 35.5. The molecule has 0 radical (unpaired) electrons. The topological polar surface area (TPSA) is 95.1 Å². The monoisotopic (exact) mass is 513 g/mol. The molecule has 0 aromatic carbocycles. The smallest absolute Gasteiger partial charge is 0.277 e. The van der Waals surface area contributed by atoms with Crippen LogP contribution in [0.5, 0.6) is 5.75 Å². The van der Waals surface area contributed by atoms with Crippen LogP contribution in [0.4, 0.5) is 8.78 Å². The normalized spacial score (nSPS) is 13.2. The Morgan fingerprint density at radius 1 is 1.17 bits per heavy atom. The summed E-state index contributed by atoms with van der Waals surface area (Å²) >= 11 is 6.40. The van der Waals surface area contributed by atoms with Crippen molar-refractivity contribution in [2.24, 2.45) is 0 Å². The van der Waals surface area contributed by atoms with Crippen molar-refractivity contribution in [1.82, 2.24) is 24.3 Å². The fourth-order valence-corrected chi connectivity index (χ4v) is 4.28. The molecular weight excluding hydrogens is 492 g/mol. The van der Waals surface area contributed by atoms with Crippen molar-refractivity contribution in [3.63, 3.8) is 0 Å². The van der Waals surface area contributed by atoms with E-state index in [1.165, 1.54) is 9.25 Å². The molecule has 0 aliphatic carbocycles. The minimum Gasteiger partial charge on any atom is -0.485 e. The molecule has 186 valence electrons. The standard InChI is InChI=1S/C25H22ClF2N5O3/c1-25(2,35)21-6-7-32(31-21)22-10-19-14(11-30-22)4-3-5-16-9-20(23(26)24(34)33(16)19)36-13-18-17(28)8-15(27)12-29-18/h6-12,35H,3-5,13H2,1-2H3. The fourth-order valence-electron chi connectivity index (χ4n) is 4.09. The number of ether oxygens (including phenoxy) is 1. The molecule has 11 heteroatoms. The first kappa shape index (κ1) is 24.1. The average molecular weight is 514 g/mol. The molecule has 0 bridgehead atoms. The van der Waals surface area contributed by atoms with E-state index in [0.717, 1.165) is 18.2 Å². The summed E-state index contributed by atoms with van der Waals surface area (Å²) in [6.45, 7) is 2.96.